The van der Waals surface area contributed by atoms with E-state index in [0.29, 0.717) is 18.5 Å². The monoisotopic (exact) mass is 418 g/mol. The largest absolute Gasteiger partial charge is 0.465 e. The lowest BCUT2D eigenvalue weighted by Crippen LogP contribution is -2.32. The minimum Gasteiger partial charge on any atom is -0.465 e. The number of ether oxygens (including phenoxy) is 1. The predicted octanol–water partition coefficient (Wildman–Crippen LogP) is 4.73. The summed E-state index contributed by atoms with van der Waals surface area (Å²) in [5, 5.41) is 0.747. The maximum Gasteiger partial charge on any atom is 0.339 e. The lowest BCUT2D eigenvalue weighted by Gasteiger charge is -2.17. The molecule has 0 saturated heterocycles. The maximum atomic E-state index is 13.1. The van der Waals surface area contributed by atoms with Crippen molar-refractivity contribution in [3.63, 3.8) is 0 Å². The van der Waals surface area contributed by atoms with Crippen LogP contribution in [-0.2, 0) is 16.0 Å². The average molecular weight is 418 g/mol. The third kappa shape index (κ3) is 4.38. The Balaban J connectivity index is 1.65. The Morgan fingerprint density at radius 1 is 1.19 bits per heavy atom. The second-order valence-electron chi connectivity index (χ2n) is 7.76. The number of rotatable bonds is 7. The Morgan fingerprint density at radius 2 is 2.03 bits per heavy atom. The fraction of sp³-hybridized carbons (Fsp3) is 0.320. The molecule has 1 aliphatic rings. The first kappa shape index (κ1) is 20.8. The molecule has 160 valence electrons. The van der Waals surface area contributed by atoms with Crippen molar-refractivity contribution in [3.8, 4) is 0 Å². The number of hydrogen-bond acceptors (Lipinski definition) is 5. The molecule has 6 nitrogen and oxygen atoms in total. The Labute approximate surface area is 181 Å². The van der Waals surface area contributed by atoms with Gasteiger partial charge in [-0.2, -0.15) is 0 Å². The van der Waals surface area contributed by atoms with Gasteiger partial charge in [0, 0.05) is 19.0 Å². The van der Waals surface area contributed by atoms with Gasteiger partial charge in [0.15, 0.2) is 6.61 Å². The predicted molar refractivity (Wildman–Crippen MR) is 119 cm³/mol. The summed E-state index contributed by atoms with van der Waals surface area (Å²) in [6, 6.07) is 11.3. The van der Waals surface area contributed by atoms with Gasteiger partial charge in [-0.3, -0.25) is 4.79 Å². The summed E-state index contributed by atoms with van der Waals surface area (Å²) in [6.07, 6.45) is 6.97. The second kappa shape index (κ2) is 9.16. The van der Waals surface area contributed by atoms with Crippen LogP contribution in [-0.4, -0.2) is 42.0 Å². The molecular weight excluding hydrogens is 392 g/mol. The standard InChI is InChI=1S/C25H26N2O4/c1-3-4-13-27(2)22(28)16-31-25(29)23-19-9-5-6-10-21(19)26-24-17(11-12-20(23)24)15-18-8-7-14-30-18/h5-10,14-15H,3-4,11-13,16H2,1-2H3/b17-15+. The van der Waals surface area contributed by atoms with Crippen LogP contribution in [0.15, 0.2) is 47.1 Å². The highest BCUT2D eigenvalue weighted by Crippen LogP contribution is 2.37. The molecule has 1 aromatic carbocycles. The number of unbranched alkanes of at least 4 members (excludes halogenated alkanes) is 1. The number of carbonyl (C=O) groups is 2. The molecule has 6 heteroatoms. The van der Waals surface area contributed by atoms with Crippen LogP contribution in [0.2, 0.25) is 0 Å². The van der Waals surface area contributed by atoms with Gasteiger partial charge in [0.2, 0.25) is 0 Å². The molecule has 2 heterocycles. The van der Waals surface area contributed by atoms with Gasteiger partial charge < -0.3 is 14.1 Å². The van der Waals surface area contributed by atoms with Crippen molar-refractivity contribution in [2.75, 3.05) is 20.2 Å². The fourth-order valence-electron chi connectivity index (χ4n) is 3.89. The molecule has 0 fully saturated rings. The van der Waals surface area contributed by atoms with E-state index in [9.17, 15) is 9.59 Å². The molecule has 0 radical (unpaired) electrons. The number of carbonyl (C=O) groups excluding carboxylic acids is 2. The van der Waals surface area contributed by atoms with Crippen molar-refractivity contribution < 1.29 is 18.7 Å². The van der Waals surface area contributed by atoms with E-state index in [4.69, 9.17) is 14.1 Å². The maximum absolute atomic E-state index is 13.1. The molecule has 0 bridgehead atoms. The van der Waals surface area contributed by atoms with Crippen molar-refractivity contribution in [1.29, 1.82) is 0 Å². The zero-order valence-corrected chi connectivity index (χ0v) is 17.9. The van der Waals surface area contributed by atoms with E-state index in [1.54, 1.807) is 18.2 Å². The Hall–Kier alpha value is -3.41. The molecule has 0 N–H and O–H groups in total. The quantitative estimate of drug-likeness (QED) is 0.519. The van der Waals surface area contributed by atoms with E-state index < -0.39 is 5.97 Å². The van der Waals surface area contributed by atoms with Crippen molar-refractivity contribution in [3.05, 3.63) is 65.2 Å². The average Bonchev–Trinajstić information content (AvgIpc) is 3.44. The van der Waals surface area contributed by atoms with Gasteiger partial charge in [-0.1, -0.05) is 31.5 Å². The minimum absolute atomic E-state index is 0.199. The van der Waals surface area contributed by atoms with E-state index in [0.717, 1.165) is 52.8 Å². The van der Waals surface area contributed by atoms with E-state index in [1.807, 2.05) is 42.5 Å². The lowest BCUT2D eigenvalue weighted by molar-refractivity contribution is -0.133. The van der Waals surface area contributed by atoms with Gasteiger partial charge in [0.05, 0.1) is 23.0 Å². The van der Waals surface area contributed by atoms with Crippen molar-refractivity contribution in [2.45, 2.75) is 32.6 Å². The molecule has 2 aromatic heterocycles. The first-order chi connectivity index (χ1) is 15.1. The lowest BCUT2D eigenvalue weighted by atomic mass is 10.0. The molecule has 1 aliphatic carbocycles. The van der Waals surface area contributed by atoms with Gasteiger partial charge in [0.25, 0.3) is 5.91 Å². The number of fused-ring (bicyclic) bond motifs is 2. The Kier molecular flexibility index (Phi) is 6.16. The van der Waals surface area contributed by atoms with Gasteiger partial charge in [-0.15, -0.1) is 0 Å². The molecular formula is C25H26N2O4. The SMILES string of the molecule is CCCCN(C)C(=O)COC(=O)c1c2c(nc3ccccc13)/C(=C/c1ccco1)CC2. The highest BCUT2D eigenvalue weighted by molar-refractivity contribution is 6.07. The molecule has 31 heavy (non-hydrogen) atoms. The molecule has 0 spiro atoms. The summed E-state index contributed by atoms with van der Waals surface area (Å²) in [5.41, 5.74) is 3.93. The molecule has 1 amide bonds. The van der Waals surface area contributed by atoms with Gasteiger partial charge in [-0.25, -0.2) is 9.78 Å². The van der Waals surface area contributed by atoms with Crippen LogP contribution in [0.4, 0.5) is 0 Å². The molecule has 3 aromatic rings. The normalized spacial score (nSPS) is 14.1. The number of aromatic nitrogens is 1. The Morgan fingerprint density at radius 3 is 2.81 bits per heavy atom. The van der Waals surface area contributed by atoms with E-state index in [1.165, 1.54) is 0 Å². The molecule has 0 saturated carbocycles. The summed E-state index contributed by atoms with van der Waals surface area (Å²) in [6.45, 7) is 2.46. The number of esters is 1. The smallest absolute Gasteiger partial charge is 0.339 e. The number of pyridine rings is 1. The van der Waals surface area contributed by atoms with Crippen molar-refractivity contribution in [2.24, 2.45) is 0 Å². The number of likely N-dealkylation sites (N-methyl/N-ethyl adjacent to an activating group) is 1. The van der Waals surface area contributed by atoms with Crippen LogP contribution in [0.5, 0.6) is 0 Å². The molecule has 0 unspecified atom stereocenters. The zero-order valence-electron chi connectivity index (χ0n) is 17.9. The first-order valence-electron chi connectivity index (χ1n) is 10.7. The van der Waals surface area contributed by atoms with E-state index in [-0.39, 0.29) is 12.5 Å². The highest BCUT2D eigenvalue weighted by atomic mass is 16.5. The van der Waals surface area contributed by atoms with Gasteiger partial charge in [-0.05, 0) is 54.7 Å². The second-order valence-corrected chi connectivity index (χ2v) is 7.76. The van der Waals surface area contributed by atoms with E-state index >= 15 is 0 Å². The first-order valence-corrected chi connectivity index (χ1v) is 10.7. The number of benzene rings is 1. The number of hydrogen-bond donors (Lipinski definition) is 0. The number of furan rings is 1. The fourth-order valence-corrected chi connectivity index (χ4v) is 3.89. The van der Waals surface area contributed by atoms with Crippen LogP contribution in [0.25, 0.3) is 22.6 Å². The zero-order chi connectivity index (χ0) is 21.8. The Bertz CT molecular complexity index is 1130. The molecule has 0 aliphatic heterocycles. The highest BCUT2D eigenvalue weighted by Gasteiger charge is 2.28. The summed E-state index contributed by atoms with van der Waals surface area (Å²) >= 11 is 0. The van der Waals surface area contributed by atoms with Gasteiger partial charge in [0.1, 0.15) is 5.76 Å². The van der Waals surface area contributed by atoms with Crippen LogP contribution in [0.1, 0.15) is 53.6 Å². The summed E-state index contributed by atoms with van der Waals surface area (Å²) in [7, 11) is 1.73. The topological polar surface area (TPSA) is 72.6 Å². The summed E-state index contributed by atoms with van der Waals surface area (Å²) in [5.74, 6) is 0.0733. The molecule has 4 rings (SSSR count). The van der Waals surface area contributed by atoms with E-state index in [2.05, 4.69) is 6.92 Å². The van der Waals surface area contributed by atoms with Crippen LogP contribution in [0.3, 0.4) is 0 Å². The van der Waals surface area contributed by atoms with Gasteiger partial charge >= 0.3 is 5.97 Å². The summed E-state index contributed by atoms with van der Waals surface area (Å²) < 4.78 is 10.9. The third-order valence-corrected chi connectivity index (χ3v) is 5.61. The number of para-hydroxylation sites is 1. The number of nitrogens with zero attached hydrogens (tertiary/aromatic N) is 2. The minimum atomic E-state index is -0.480. The number of amides is 1. The third-order valence-electron chi connectivity index (χ3n) is 5.61. The molecule has 0 atom stereocenters. The summed E-state index contributed by atoms with van der Waals surface area (Å²) in [4.78, 5) is 31.9. The van der Waals surface area contributed by atoms with Crippen molar-refractivity contribution >= 4 is 34.4 Å². The van der Waals surface area contributed by atoms with Crippen LogP contribution in [0, 0.1) is 0 Å². The van der Waals surface area contributed by atoms with Crippen LogP contribution >= 0.6 is 0 Å². The van der Waals surface area contributed by atoms with Crippen molar-refractivity contribution in [1.82, 2.24) is 9.88 Å². The number of allylic oxidation sites excluding steroid dienone is 1. The van der Waals surface area contributed by atoms with Crippen LogP contribution < -0.4 is 0 Å².